The highest BCUT2D eigenvalue weighted by atomic mass is 35.5. The van der Waals surface area contributed by atoms with Crippen molar-refractivity contribution in [2.75, 3.05) is 6.54 Å². The Balaban J connectivity index is 2.27. The van der Waals surface area contributed by atoms with Crippen LogP contribution in [0.5, 0.6) is 0 Å². The average molecular weight is 432 g/mol. The van der Waals surface area contributed by atoms with Crippen LogP contribution < -0.4 is 10.6 Å². The van der Waals surface area contributed by atoms with Crippen LogP contribution in [0.4, 0.5) is 5.69 Å². The molecule has 0 aromatic heterocycles. The summed E-state index contributed by atoms with van der Waals surface area (Å²) in [4.78, 5) is 46.1. The van der Waals surface area contributed by atoms with Gasteiger partial charge in [0.05, 0.1) is 15.5 Å². The van der Waals surface area contributed by atoms with Crippen LogP contribution in [0.2, 0.25) is 5.02 Å². The molecule has 9 nitrogen and oxygen atoms in total. The molecule has 2 aromatic rings. The molecule has 0 aliphatic heterocycles. The normalized spacial score (nSPS) is 10.9. The maximum absolute atomic E-state index is 12.6. The number of non-ortho nitro benzene ring substituents is 1. The molecule has 2 aromatic carbocycles. The highest BCUT2D eigenvalue weighted by Crippen LogP contribution is 2.17. The fourth-order valence-electron chi connectivity index (χ4n) is 2.42. The van der Waals surface area contributed by atoms with Gasteiger partial charge in [-0.05, 0) is 30.2 Å². The first kappa shape index (κ1) is 22.6. The molecule has 0 atom stereocenters. The molecule has 0 fully saturated rings. The van der Waals surface area contributed by atoms with Gasteiger partial charge in [-0.2, -0.15) is 0 Å². The van der Waals surface area contributed by atoms with Crippen LogP contribution >= 0.6 is 11.6 Å². The largest absolute Gasteiger partial charge is 0.481 e. The first-order valence-corrected chi connectivity index (χ1v) is 9.17. The summed E-state index contributed by atoms with van der Waals surface area (Å²) in [7, 11) is 0. The molecule has 156 valence electrons. The summed E-state index contributed by atoms with van der Waals surface area (Å²) in [5.74, 6) is -2.31. The number of carbonyl (C=O) groups excluding carboxylic acids is 2. The molecule has 3 N–H and O–H groups in total. The Hall–Kier alpha value is -3.72. The number of hydrogen-bond acceptors (Lipinski definition) is 5. The quantitative estimate of drug-likeness (QED) is 0.241. The van der Waals surface area contributed by atoms with Crippen LogP contribution in [0.15, 0.2) is 54.2 Å². The number of carboxylic acids is 1. The zero-order valence-corrected chi connectivity index (χ0v) is 16.4. The second-order valence-electron chi connectivity index (χ2n) is 6.10. The van der Waals surface area contributed by atoms with E-state index < -0.39 is 22.7 Å². The van der Waals surface area contributed by atoms with Gasteiger partial charge in [0.2, 0.25) is 0 Å². The maximum atomic E-state index is 12.6. The molecule has 0 aliphatic carbocycles. The van der Waals surface area contributed by atoms with Gasteiger partial charge < -0.3 is 15.7 Å². The van der Waals surface area contributed by atoms with Gasteiger partial charge in [0.15, 0.2) is 0 Å². The van der Waals surface area contributed by atoms with Crippen molar-refractivity contribution in [3.05, 3.63) is 80.5 Å². The standard InChI is InChI=1S/C20H18ClN3O6/c21-16-8-2-1-7-15(16)19(27)23-17(20(28)22-10-4-9-18(25)26)12-13-5-3-6-14(11-13)24(29)30/h1-3,5-8,11-12H,4,9-10H2,(H,22,28)(H,23,27)(H,25,26). The monoisotopic (exact) mass is 431 g/mol. The van der Waals surface area contributed by atoms with Crippen LogP contribution in [0.25, 0.3) is 6.08 Å². The van der Waals surface area contributed by atoms with E-state index in [1.165, 1.54) is 42.5 Å². The second-order valence-corrected chi connectivity index (χ2v) is 6.50. The maximum Gasteiger partial charge on any atom is 0.303 e. The minimum absolute atomic E-state index is 0.0688. The van der Waals surface area contributed by atoms with Crippen molar-refractivity contribution < 1.29 is 24.4 Å². The average Bonchev–Trinajstić information content (AvgIpc) is 2.70. The van der Waals surface area contributed by atoms with E-state index in [4.69, 9.17) is 16.7 Å². The zero-order valence-electron chi connectivity index (χ0n) is 15.6. The molecule has 2 rings (SSSR count). The summed E-state index contributed by atoms with van der Waals surface area (Å²) in [5, 5.41) is 24.8. The minimum Gasteiger partial charge on any atom is -0.481 e. The van der Waals surface area contributed by atoms with E-state index in [9.17, 15) is 24.5 Å². The number of hydrogen-bond donors (Lipinski definition) is 3. The summed E-state index contributed by atoms with van der Waals surface area (Å²) in [5.41, 5.74) is 0.111. The van der Waals surface area contributed by atoms with Gasteiger partial charge in [-0.1, -0.05) is 35.9 Å². The number of nitrogens with zero attached hydrogens (tertiary/aromatic N) is 1. The van der Waals surface area contributed by atoms with Gasteiger partial charge >= 0.3 is 5.97 Å². The van der Waals surface area contributed by atoms with Crippen molar-refractivity contribution in [2.24, 2.45) is 0 Å². The van der Waals surface area contributed by atoms with Crippen molar-refractivity contribution in [2.45, 2.75) is 12.8 Å². The number of aliphatic carboxylic acids is 1. The van der Waals surface area contributed by atoms with E-state index in [1.54, 1.807) is 12.1 Å². The van der Waals surface area contributed by atoms with Crippen molar-refractivity contribution in [3.63, 3.8) is 0 Å². The van der Waals surface area contributed by atoms with Gasteiger partial charge in [0.25, 0.3) is 17.5 Å². The van der Waals surface area contributed by atoms with Crippen molar-refractivity contribution in [3.8, 4) is 0 Å². The third-order valence-electron chi connectivity index (χ3n) is 3.86. The smallest absolute Gasteiger partial charge is 0.303 e. The lowest BCUT2D eigenvalue weighted by molar-refractivity contribution is -0.384. The molecule has 0 heterocycles. The lowest BCUT2D eigenvalue weighted by Crippen LogP contribution is -2.35. The Morgan fingerprint density at radius 2 is 1.87 bits per heavy atom. The number of halogens is 1. The first-order valence-electron chi connectivity index (χ1n) is 8.80. The van der Waals surface area contributed by atoms with E-state index in [0.717, 1.165) is 0 Å². The summed E-state index contributed by atoms with van der Waals surface area (Å²) in [6, 6.07) is 11.8. The Labute approximate surface area is 176 Å². The third kappa shape index (κ3) is 6.71. The molecule has 0 bridgehead atoms. The van der Waals surface area contributed by atoms with E-state index in [0.29, 0.717) is 5.56 Å². The second kappa shape index (κ2) is 10.7. The topological polar surface area (TPSA) is 139 Å². The molecule has 30 heavy (non-hydrogen) atoms. The fraction of sp³-hybridized carbons (Fsp3) is 0.150. The van der Waals surface area contributed by atoms with E-state index >= 15 is 0 Å². The van der Waals surface area contributed by atoms with Gasteiger partial charge in [-0.3, -0.25) is 24.5 Å². The van der Waals surface area contributed by atoms with Gasteiger partial charge in [-0.25, -0.2) is 0 Å². The number of benzene rings is 2. The van der Waals surface area contributed by atoms with Crippen molar-refractivity contribution >= 4 is 41.1 Å². The molecule has 2 amide bonds. The highest BCUT2D eigenvalue weighted by Gasteiger charge is 2.17. The summed E-state index contributed by atoms with van der Waals surface area (Å²) < 4.78 is 0. The summed E-state index contributed by atoms with van der Waals surface area (Å²) in [6.07, 6.45) is 1.36. The van der Waals surface area contributed by atoms with Crippen molar-refractivity contribution in [1.82, 2.24) is 10.6 Å². The highest BCUT2D eigenvalue weighted by molar-refractivity contribution is 6.34. The number of amides is 2. The number of nitro benzene ring substituents is 1. The predicted molar refractivity (Wildman–Crippen MR) is 110 cm³/mol. The molecular formula is C20H18ClN3O6. The molecule has 0 unspecified atom stereocenters. The van der Waals surface area contributed by atoms with Crippen LogP contribution in [0, 0.1) is 10.1 Å². The van der Waals surface area contributed by atoms with Gasteiger partial charge in [0.1, 0.15) is 5.70 Å². The van der Waals surface area contributed by atoms with Crippen LogP contribution in [0.3, 0.4) is 0 Å². The molecule has 0 aliphatic rings. The Morgan fingerprint density at radius 1 is 1.13 bits per heavy atom. The summed E-state index contributed by atoms with van der Waals surface area (Å²) >= 11 is 6.02. The lowest BCUT2D eigenvalue weighted by Gasteiger charge is -2.12. The SMILES string of the molecule is O=C(O)CCCNC(=O)C(=Cc1cccc([N+](=O)[O-])c1)NC(=O)c1ccccc1Cl. The van der Waals surface area contributed by atoms with Gasteiger partial charge in [-0.15, -0.1) is 0 Å². The van der Waals surface area contributed by atoms with Crippen LogP contribution in [0.1, 0.15) is 28.8 Å². The molecular weight excluding hydrogens is 414 g/mol. The van der Waals surface area contributed by atoms with Crippen LogP contribution in [-0.2, 0) is 9.59 Å². The minimum atomic E-state index is -0.997. The van der Waals surface area contributed by atoms with Crippen molar-refractivity contribution in [1.29, 1.82) is 0 Å². The fourth-order valence-corrected chi connectivity index (χ4v) is 2.65. The molecule has 0 spiro atoms. The lowest BCUT2D eigenvalue weighted by atomic mass is 10.1. The predicted octanol–water partition coefficient (Wildman–Crippen LogP) is 3.00. The Bertz CT molecular complexity index is 1010. The third-order valence-corrected chi connectivity index (χ3v) is 4.19. The number of nitro groups is 1. The van der Waals surface area contributed by atoms with Gasteiger partial charge in [0, 0.05) is 25.1 Å². The number of rotatable bonds is 9. The van der Waals surface area contributed by atoms with Crippen LogP contribution in [-0.4, -0.2) is 34.4 Å². The van der Waals surface area contributed by atoms with E-state index in [-0.39, 0.29) is 41.4 Å². The molecule has 0 radical (unpaired) electrons. The van der Waals surface area contributed by atoms with E-state index in [1.807, 2.05) is 0 Å². The molecule has 10 heteroatoms. The number of nitrogens with one attached hydrogen (secondary N) is 2. The Morgan fingerprint density at radius 3 is 2.53 bits per heavy atom. The molecule has 0 saturated heterocycles. The Kier molecular flexibility index (Phi) is 8.07. The molecule has 0 saturated carbocycles. The zero-order chi connectivity index (χ0) is 22.1. The van der Waals surface area contributed by atoms with E-state index in [2.05, 4.69) is 10.6 Å². The number of carboxylic acid groups (broad SMARTS) is 1. The number of carbonyl (C=O) groups is 3. The summed E-state index contributed by atoms with van der Waals surface area (Å²) in [6.45, 7) is 0.0688. The first-order chi connectivity index (χ1) is 14.3.